The van der Waals surface area contributed by atoms with Crippen molar-refractivity contribution >= 4 is 39.5 Å². The molecule has 40 heavy (non-hydrogen) atoms. The number of hydrogen-bond acceptors (Lipinski definition) is 3. The van der Waals surface area contributed by atoms with Crippen molar-refractivity contribution in [3.8, 4) is 28.6 Å². The van der Waals surface area contributed by atoms with Gasteiger partial charge in [0.2, 0.25) is 0 Å². The van der Waals surface area contributed by atoms with Gasteiger partial charge >= 0.3 is 160 Å². The standard InChI is InChI=1S/C35H35GeN3O/c1-35(2,3)25-16-18-38-34(21-25)39-32-13-8-7-12-29(32)30-15-14-28(23-33(30)39)40-27-11-9-10-24(20-27)31-22-26(17-19-37-31)36(4,5)6/h7-23H,1-6H3. The van der Waals surface area contributed by atoms with Crippen molar-refractivity contribution < 1.29 is 4.74 Å². The number of benzene rings is 3. The number of para-hydroxylation sites is 1. The summed E-state index contributed by atoms with van der Waals surface area (Å²) < 4.78 is 10.2. The van der Waals surface area contributed by atoms with E-state index in [0.717, 1.165) is 39.6 Å². The quantitative estimate of drug-likeness (QED) is 0.190. The van der Waals surface area contributed by atoms with Gasteiger partial charge in [0.25, 0.3) is 0 Å². The van der Waals surface area contributed by atoms with Crippen LogP contribution < -0.4 is 9.13 Å². The maximum Gasteiger partial charge on any atom is -0.0149 e. The van der Waals surface area contributed by atoms with E-state index in [4.69, 9.17) is 9.72 Å². The normalized spacial score (nSPS) is 12.2. The summed E-state index contributed by atoms with van der Waals surface area (Å²) in [5.74, 6) is 9.70. The molecule has 0 amide bonds. The van der Waals surface area contributed by atoms with Crippen molar-refractivity contribution in [3.63, 3.8) is 0 Å². The van der Waals surface area contributed by atoms with Crippen LogP contribution in [0, 0.1) is 0 Å². The van der Waals surface area contributed by atoms with Gasteiger partial charge in [0, 0.05) is 6.20 Å². The number of fused-ring (bicyclic) bond motifs is 3. The molecule has 0 fully saturated rings. The maximum atomic E-state index is 6.46. The summed E-state index contributed by atoms with van der Waals surface area (Å²) in [6.45, 7) is 6.70. The fourth-order valence-electron chi connectivity index (χ4n) is 5.18. The Morgan fingerprint density at radius 3 is 2.23 bits per heavy atom. The molecule has 0 saturated carbocycles. The van der Waals surface area contributed by atoms with E-state index in [0.29, 0.717) is 0 Å². The van der Waals surface area contributed by atoms with Crippen molar-refractivity contribution in [1.82, 2.24) is 14.5 Å². The first kappa shape index (κ1) is 26.3. The summed E-state index contributed by atoms with van der Waals surface area (Å²) in [6.07, 6.45) is 3.85. The van der Waals surface area contributed by atoms with E-state index < -0.39 is 13.3 Å². The van der Waals surface area contributed by atoms with E-state index in [2.05, 4.69) is 126 Å². The smallest absolute Gasteiger partial charge is 0.0149 e. The summed E-state index contributed by atoms with van der Waals surface area (Å²) >= 11 is -1.96. The molecule has 0 radical (unpaired) electrons. The predicted molar refractivity (Wildman–Crippen MR) is 170 cm³/mol. The van der Waals surface area contributed by atoms with Gasteiger partial charge in [-0.1, -0.05) is 39.0 Å². The van der Waals surface area contributed by atoms with Crippen molar-refractivity contribution in [2.75, 3.05) is 0 Å². The fourth-order valence-corrected chi connectivity index (χ4v) is 7.58. The molecule has 3 aromatic carbocycles. The minimum Gasteiger partial charge on any atom is -0.0149 e. The van der Waals surface area contributed by atoms with Crippen molar-refractivity contribution in [3.05, 3.63) is 109 Å². The number of rotatable bonds is 5. The molecule has 5 heteroatoms. The van der Waals surface area contributed by atoms with Crippen LogP contribution in [-0.4, -0.2) is 27.8 Å². The van der Waals surface area contributed by atoms with Crippen molar-refractivity contribution in [2.24, 2.45) is 0 Å². The van der Waals surface area contributed by atoms with Gasteiger partial charge in [-0.15, -0.1) is 0 Å². The van der Waals surface area contributed by atoms with E-state index in [-0.39, 0.29) is 5.41 Å². The van der Waals surface area contributed by atoms with Crippen LogP contribution in [0.2, 0.25) is 17.3 Å². The molecule has 0 spiro atoms. The van der Waals surface area contributed by atoms with Crippen molar-refractivity contribution in [2.45, 2.75) is 43.5 Å². The van der Waals surface area contributed by atoms with Gasteiger partial charge in [0.15, 0.2) is 0 Å². The zero-order chi connectivity index (χ0) is 28.1. The Bertz CT molecular complexity index is 1860. The van der Waals surface area contributed by atoms with Crippen molar-refractivity contribution in [1.29, 1.82) is 0 Å². The second-order valence-electron chi connectivity index (χ2n) is 12.5. The van der Waals surface area contributed by atoms with Crippen LogP contribution in [0.1, 0.15) is 26.3 Å². The third-order valence-electron chi connectivity index (χ3n) is 7.48. The first-order valence-corrected chi connectivity index (χ1v) is 21.2. The topological polar surface area (TPSA) is 39.9 Å². The monoisotopic (exact) mass is 587 g/mol. The van der Waals surface area contributed by atoms with Crippen LogP contribution in [0.5, 0.6) is 11.5 Å². The number of nitrogens with zero attached hydrogens (tertiary/aromatic N) is 3. The first-order valence-electron chi connectivity index (χ1n) is 13.8. The van der Waals surface area contributed by atoms with E-state index in [1.165, 1.54) is 20.7 Å². The SMILES string of the molecule is CC(C)(C)c1ccnc(-n2c3ccccc3c3ccc(Oc4cccc(-c5c[c]([Ge]([CH3])([CH3])[CH3])ccn5)c4)cc32)c1. The molecular formula is C35H35GeN3O. The predicted octanol–water partition coefficient (Wildman–Crippen LogP) is 8.88. The zero-order valence-corrected chi connectivity index (χ0v) is 26.2. The summed E-state index contributed by atoms with van der Waals surface area (Å²) in [7, 11) is 0. The van der Waals surface area contributed by atoms with Gasteiger partial charge in [0.1, 0.15) is 0 Å². The van der Waals surface area contributed by atoms with Gasteiger partial charge < -0.3 is 0 Å². The molecule has 4 nitrogen and oxygen atoms in total. The molecule has 6 rings (SSSR count). The molecule has 0 aliphatic rings. The Kier molecular flexibility index (Phi) is 6.54. The molecule has 3 aromatic heterocycles. The third kappa shape index (κ3) is 5.04. The Morgan fingerprint density at radius 1 is 0.675 bits per heavy atom. The van der Waals surface area contributed by atoms with E-state index in [9.17, 15) is 0 Å². The fraction of sp³-hybridized carbons (Fsp3) is 0.200. The maximum absolute atomic E-state index is 6.46. The molecule has 0 unspecified atom stereocenters. The van der Waals surface area contributed by atoms with Gasteiger partial charge in [-0.3, -0.25) is 0 Å². The second kappa shape index (κ2) is 9.94. The largest absolute Gasteiger partial charge is 0.0149 e. The molecule has 200 valence electrons. The Labute approximate surface area is 239 Å². The molecule has 0 N–H and O–H groups in total. The average molecular weight is 586 g/mol. The van der Waals surface area contributed by atoms with E-state index in [1.807, 2.05) is 24.5 Å². The molecule has 0 aliphatic carbocycles. The van der Waals surface area contributed by atoms with Crippen LogP contribution in [0.3, 0.4) is 0 Å². The van der Waals surface area contributed by atoms with Crippen LogP contribution >= 0.6 is 0 Å². The van der Waals surface area contributed by atoms with E-state index >= 15 is 0 Å². The van der Waals surface area contributed by atoms with Crippen LogP contribution in [-0.2, 0) is 5.41 Å². The average Bonchev–Trinajstić information content (AvgIpc) is 3.26. The molecule has 0 aliphatic heterocycles. The molecular weight excluding hydrogens is 551 g/mol. The molecule has 0 atom stereocenters. The molecule has 0 bridgehead atoms. The number of pyridine rings is 2. The number of aromatic nitrogens is 3. The Hall–Kier alpha value is -3.90. The summed E-state index contributed by atoms with van der Waals surface area (Å²) in [5.41, 5.74) is 5.53. The van der Waals surface area contributed by atoms with Crippen LogP contribution in [0.4, 0.5) is 0 Å². The summed E-state index contributed by atoms with van der Waals surface area (Å²) in [4.78, 5) is 9.47. The van der Waals surface area contributed by atoms with E-state index in [1.54, 1.807) is 0 Å². The summed E-state index contributed by atoms with van der Waals surface area (Å²) in [6, 6.07) is 31.8. The zero-order valence-electron chi connectivity index (χ0n) is 24.1. The number of hydrogen-bond donors (Lipinski definition) is 0. The Morgan fingerprint density at radius 2 is 1.43 bits per heavy atom. The molecule has 6 aromatic rings. The molecule has 3 heterocycles. The van der Waals surface area contributed by atoms with Gasteiger partial charge in [0.05, 0.1) is 0 Å². The Balaban J connectivity index is 1.42. The number of ether oxygens (including phenoxy) is 1. The third-order valence-corrected chi connectivity index (χ3v) is 11.8. The first-order chi connectivity index (χ1) is 19.1. The minimum absolute atomic E-state index is 0.0277. The molecule has 0 saturated heterocycles. The van der Waals surface area contributed by atoms with Gasteiger partial charge in [-0.2, -0.15) is 0 Å². The van der Waals surface area contributed by atoms with Crippen LogP contribution in [0.25, 0.3) is 38.9 Å². The second-order valence-corrected chi connectivity index (χ2v) is 23.1. The summed E-state index contributed by atoms with van der Waals surface area (Å²) in [5, 5.41) is 2.37. The van der Waals surface area contributed by atoms with Gasteiger partial charge in [-0.25, -0.2) is 4.98 Å². The minimum atomic E-state index is -1.96. The van der Waals surface area contributed by atoms with Crippen LogP contribution in [0.15, 0.2) is 103 Å². The van der Waals surface area contributed by atoms with Gasteiger partial charge in [-0.05, 0) is 29.2 Å².